The van der Waals surface area contributed by atoms with E-state index in [-0.39, 0.29) is 6.10 Å². The minimum absolute atomic E-state index is 0.136. The van der Waals surface area contributed by atoms with Crippen molar-refractivity contribution in [2.75, 3.05) is 18.5 Å². The second kappa shape index (κ2) is 5.76. The van der Waals surface area contributed by atoms with Crippen LogP contribution in [-0.2, 0) is 11.2 Å². The van der Waals surface area contributed by atoms with Crippen LogP contribution in [0.25, 0.3) is 0 Å². The first-order valence-corrected chi connectivity index (χ1v) is 7.32. The predicted molar refractivity (Wildman–Crippen MR) is 81.5 cm³/mol. The first kappa shape index (κ1) is 12.7. The minimum atomic E-state index is 0.136. The maximum absolute atomic E-state index is 5.89. The van der Waals surface area contributed by atoms with Crippen molar-refractivity contribution < 1.29 is 4.74 Å². The molecule has 1 aliphatic heterocycles. The number of benzene rings is 2. The molecule has 0 fully saturated rings. The molecule has 3 rings (SSSR count). The third-order valence-electron chi connectivity index (χ3n) is 3.44. The molecule has 1 N–H and O–H groups in total. The van der Waals surface area contributed by atoms with Crippen molar-refractivity contribution in [2.45, 2.75) is 12.5 Å². The zero-order chi connectivity index (χ0) is 13.1. The topological polar surface area (TPSA) is 21.3 Å². The minimum Gasteiger partial charge on any atom is -0.381 e. The number of para-hydroxylation sites is 1. The van der Waals surface area contributed by atoms with E-state index < -0.39 is 0 Å². The van der Waals surface area contributed by atoms with Crippen LogP contribution in [0.2, 0.25) is 0 Å². The Morgan fingerprint density at radius 2 is 1.89 bits per heavy atom. The Labute approximate surface area is 121 Å². The summed E-state index contributed by atoms with van der Waals surface area (Å²) in [4.78, 5) is 0. The third-order valence-corrected chi connectivity index (χ3v) is 4.14. The average molecular weight is 318 g/mol. The lowest BCUT2D eigenvalue weighted by molar-refractivity contribution is 0.0513. The van der Waals surface area contributed by atoms with Crippen LogP contribution in [0.4, 0.5) is 5.69 Å². The van der Waals surface area contributed by atoms with Crippen molar-refractivity contribution in [1.29, 1.82) is 0 Å². The number of hydrogen-bond acceptors (Lipinski definition) is 2. The fourth-order valence-corrected chi connectivity index (χ4v) is 2.88. The van der Waals surface area contributed by atoms with E-state index in [1.54, 1.807) is 0 Å². The molecule has 1 atom stereocenters. The molecule has 0 saturated heterocycles. The summed E-state index contributed by atoms with van der Waals surface area (Å²) in [5.74, 6) is 0. The monoisotopic (exact) mass is 317 g/mol. The number of fused-ring (bicyclic) bond motifs is 1. The Kier molecular flexibility index (Phi) is 3.85. The van der Waals surface area contributed by atoms with Crippen molar-refractivity contribution in [3.8, 4) is 0 Å². The molecule has 0 radical (unpaired) electrons. The molecule has 0 amide bonds. The first-order valence-electron chi connectivity index (χ1n) is 6.52. The van der Waals surface area contributed by atoms with Crippen molar-refractivity contribution in [3.63, 3.8) is 0 Å². The lowest BCUT2D eigenvalue weighted by atomic mass is 9.97. The van der Waals surface area contributed by atoms with E-state index in [1.807, 2.05) is 18.2 Å². The van der Waals surface area contributed by atoms with Crippen molar-refractivity contribution >= 4 is 21.6 Å². The molecule has 0 spiro atoms. The molecule has 0 aliphatic carbocycles. The SMILES string of the molecule is Brc1ccccc1NCC1OCCc2ccccc21. The zero-order valence-electron chi connectivity index (χ0n) is 10.6. The van der Waals surface area contributed by atoms with Gasteiger partial charge in [0.05, 0.1) is 12.7 Å². The van der Waals surface area contributed by atoms with Gasteiger partial charge in [-0.25, -0.2) is 0 Å². The standard InChI is InChI=1S/C16H16BrNO/c17-14-7-3-4-8-15(14)18-11-16-13-6-2-1-5-12(13)9-10-19-16/h1-8,16,18H,9-11H2. The maximum Gasteiger partial charge on any atom is 0.0999 e. The number of hydrogen-bond donors (Lipinski definition) is 1. The van der Waals surface area contributed by atoms with Gasteiger partial charge < -0.3 is 10.1 Å². The van der Waals surface area contributed by atoms with Crippen LogP contribution in [0.1, 0.15) is 17.2 Å². The molecule has 2 nitrogen and oxygen atoms in total. The van der Waals surface area contributed by atoms with Gasteiger partial charge in [-0.1, -0.05) is 36.4 Å². The van der Waals surface area contributed by atoms with Crippen LogP contribution in [0.5, 0.6) is 0 Å². The van der Waals surface area contributed by atoms with Gasteiger partial charge in [0, 0.05) is 16.7 Å². The Morgan fingerprint density at radius 3 is 2.79 bits per heavy atom. The fourth-order valence-electron chi connectivity index (χ4n) is 2.45. The van der Waals surface area contributed by atoms with Crippen LogP contribution in [-0.4, -0.2) is 13.2 Å². The first-order chi connectivity index (χ1) is 9.34. The Hall–Kier alpha value is -1.32. The highest BCUT2D eigenvalue weighted by Gasteiger charge is 2.20. The van der Waals surface area contributed by atoms with Gasteiger partial charge >= 0.3 is 0 Å². The average Bonchev–Trinajstić information content (AvgIpc) is 2.46. The van der Waals surface area contributed by atoms with Crippen molar-refractivity contribution in [1.82, 2.24) is 0 Å². The highest BCUT2D eigenvalue weighted by Crippen LogP contribution is 2.28. The largest absolute Gasteiger partial charge is 0.381 e. The molecule has 3 heteroatoms. The molecule has 2 aromatic carbocycles. The molecule has 98 valence electrons. The second-order valence-corrected chi connectivity index (χ2v) is 5.52. The highest BCUT2D eigenvalue weighted by molar-refractivity contribution is 9.10. The molecule has 0 aromatic heterocycles. The van der Waals surface area contributed by atoms with Crippen molar-refractivity contribution in [3.05, 3.63) is 64.1 Å². The summed E-state index contributed by atoms with van der Waals surface area (Å²) in [5, 5.41) is 3.45. The maximum atomic E-state index is 5.89. The number of halogens is 1. The van der Waals surface area contributed by atoms with E-state index in [1.165, 1.54) is 11.1 Å². The van der Waals surface area contributed by atoms with E-state index in [4.69, 9.17) is 4.74 Å². The lowest BCUT2D eigenvalue weighted by Crippen LogP contribution is -2.22. The van der Waals surface area contributed by atoms with Crippen LogP contribution in [0.15, 0.2) is 53.0 Å². The van der Waals surface area contributed by atoms with Gasteiger partial charge in [-0.3, -0.25) is 0 Å². The number of anilines is 1. The Bertz CT molecular complexity index is 570. The van der Waals surface area contributed by atoms with E-state index in [2.05, 4.69) is 51.6 Å². The predicted octanol–water partition coefficient (Wildman–Crippen LogP) is 4.18. The lowest BCUT2D eigenvalue weighted by Gasteiger charge is -2.26. The Morgan fingerprint density at radius 1 is 1.11 bits per heavy atom. The fraction of sp³-hybridized carbons (Fsp3) is 0.250. The van der Waals surface area contributed by atoms with Crippen LogP contribution in [0, 0.1) is 0 Å². The number of nitrogens with one attached hydrogen (secondary N) is 1. The molecule has 2 aromatic rings. The van der Waals surface area contributed by atoms with Gasteiger partial charge in [-0.05, 0) is 45.6 Å². The van der Waals surface area contributed by atoms with Crippen LogP contribution < -0.4 is 5.32 Å². The van der Waals surface area contributed by atoms with Gasteiger partial charge in [0.2, 0.25) is 0 Å². The summed E-state index contributed by atoms with van der Waals surface area (Å²) < 4.78 is 6.97. The quantitative estimate of drug-likeness (QED) is 0.917. The third kappa shape index (κ3) is 2.82. The zero-order valence-corrected chi connectivity index (χ0v) is 12.2. The van der Waals surface area contributed by atoms with E-state index in [9.17, 15) is 0 Å². The van der Waals surface area contributed by atoms with E-state index >= 15 is 0 Å². The molecular weight excluding hydrogens is 302 g/mol. The molecule has 1 aliphatic rings. The smallest absolute Gasteiger partial charge is 0.0999 e. The molecule has 19 heavy (non-hydrogen) atoms. The van der Waals surface area contributed by atoms with Gasteiger partial charge in [-0.15, -0.1) is 0 Å². The Balaban J connectivity index is 1.73. The van der Waals surface area contributed by atoms with Gasteiger partial charge in [-0.2, -0.15) is 0 Å². The molecule has 1 heterocycles. The summed E-state index contributed by atoms with van der Waals surface area (Å²) in [6, 6.07) is 16.7. The molecule has 0 saturated carbocycles. The normalized spacial score (nSPS) is 17.8. The van der Waals surface area contributed by atoms with Crippen molar-refractivity contribution in [2.24, 2.45) is 0 Å². The van der Waals surface area contributed by atoms with E-state index in [0.29, 0.717) is 0 Å². The van der Waals surface area contributed by atoms with Gasteiger partial charge in [0.15, 0.2) is 0 Å². The van der Waals surface area contributed by atoms with Crippen LogP contribution in [0.3, 0.4) is 0 Å². The van der Waals surface area contributed by atoms with Gasteiger partial charge in [0.25, 0.3) is 0 Å². The summed E-state index contributed by atoms with van der Waals surface area (Å²) in [6.07, 6.45) is 1.15. The summed E-state index contributed by atoms with van der Waals surface area (Å²) in [6.45, 7) is 1.60. The van der Waals surface area contributed by atoms with Crippen LogP contribution >= 0.6 is 15.9 Å². The molecule has 1 unspecified atom stereocenters. The highest BCUT2D eigenvalue weighted by atomic mass is 79.9. The summed E-state index contributed by atoms with van der Waals surface area (Å²) >= 11 is 3.55. The number of rotatable bonds is 3. The summed E-state index contributed by atoms with van der Waals surface area (Å²) in [5.41, 5.74) is 3.83. The number of ether oxygens (including phenoxy) is 1. The molecule has 0 bridgehead atoms. The summed E-state index contributed by atoms with van der Waals surface area (Å²) in [7, 11) is 0. The van der Waals surface area contributed by atoms with E-state index in [0.717, 1.165) is 29.7 Å². The van der Waals surface area contributed by atoms with Gasteiger partial charge in [0.1, 0.15) is 0 Å². The second-order valence-electron chi connectivity index (χ2n) is 4.67. The molecular formula is C16H16BrNO.